The van der Waals surface area contributed by atoms with Crippen molar-refractivity contribution < 1.29 is 0 Å². The van der Waals surface area contributed by atoms with Crippen molar-refractivity contribution in [2.45, 2.75) is 58.0 Å². The Morgan fingerprint density at radius 3 is 2.40 bits per heavy atom. The van der Waals surface area contributed by atoms with Crippen LogP contribution in [0.15, 0.2) is 24.3 Å². The molecule has 112 valence electrons. The van der Waals surface area contributed by atoms with E-state index in [4.69, 9.17) is 5.73 Å². The van der Waals surface area contributed by atoms with Crippen LogP contribution in [0.25, 0.3) is 0 Å². The molecule has 0 saturated heterocycles. The summed E-state index contributed by atoms with van der Waals surface area (Å²) in [5.41, 5.74) is 8.74. The smallest absolute Gasteiger partial charge is 0.0234 e. The van der Waals surface area contributed by atoms with Crippen LogP contribution in [0.3, 0.4) is 0 Å². The molecule has 2 heteroatoms. The molecule has 0 bridgehead atoms. The van der Waals surface area contributed by atoms with Crippen molar-refractivity contribution >= 4 is 0 Å². The van der Waals surface area contributed by atoms with E-state index in [0.29, 0.717) is 6.04 Å². The van der Waals surface area contributed by atoms with Gasteiger partial charge in [0, 0.05) is 19.1 Å². The second-order valence-electron chi connectivity index (χ2n) is 6.53. The summed E-state index contributed by atoms with van der Waals surface area (Å²) in [6, 6.07) is 9.39. The first-order chi connectivity index (χ1) is 9.69. The normalized spacial score (nSPS) is 18.4. The monoisotopic (exact) mass is 274 g/mol. The number of rotatable bonds is 6. The van der Waals surface area contributed by atoms with Gasteiger partial charge in [-0.25, -0.2) is 0 Å². The fraction of sp³-hybridized carbons (Fsp3) is 0.667. The van der Waals surface area contributed by atoms with Gasteiger partial charge in [0.2, 0.25) is 0 Å². The summed E-state index contributed by atoms with van der Waals surface area (Å²) in [7, 11) is 2.22. The van der Waals surface area contributed by atoms with Gasteiger partial charge in [-0.3, -0.25) is 4.90 Å². The minimum atomic E-state index is 0.527. The molecule has 2 N–H and O–H groups in total. The Morgan fingerprint density at radius 2 is 1.80 bits per heavy atom. The zero-order chi connectivity index (χ0) is 14.4. The van der Waals surface area contributed by atoms with Crippen molar-refractivity contribution in [1.29, 1.82) is 0 Å². The molecular formula is C18H30N2. The first-order valence-corrected chi connectivity index (χ1v) is 8.15. The summed E-state index contributed by atoms with van der Waals surface area (Å²) in [6.07, 6.45) is 8.37. The van der Waals surface area contributed by atoms with Crippen LogP contribution in [-0.4, -0.2) is 24.5 Å². The van der Waals surface area contributed by atoms with E-state index in [0.717, 1.165) is 19.0 Å². The molecule has 0 heterocycles. The summed E-state index contributed by atoms with van der Waals surface area (Å²) in [6.45, 7) is 3.92. The van der Waals surface area contributed by atoms with Crippen molar-refractivity contribution in [2.75, 3.05) is 13.6 Å². The molecular weight excluding hydrogens is 244 g/mol. The van der Waals surface area contributed by atoms with E-state index in [2.05, 4.69) is 43.1 Å². The van der Waals surface area contributed by atoms with Crippen LogP contribution in [0.1, 0.15) is 49.7 Å². The molecule has 2 rings (SSSR count). The zero-order valence-corrected chi connectivity index (χ0v) is 13.1. The van der Waals surface area contributed by atoms with Gasteiger partial charge in [-0.05, 0) is 31.9 Å². The number of likely N-dealkylation sites (N-methyl/N-ethyl adjacent to an activating group) is 1. The van der Waals surface area contributed by atoms with Crippen molar-refractivity contribution in [3.05, 3.63) is 35.4 Å². The number of hydrogen-bond acceptors (Lipinski definition) is 2. The average Bonchev–Trinajstić information content (AvgIpc) is 2.48. The summed E-state index contributed by atoms with van der Waals surface area (Å²) >= 11 is 0. The first kappa shape index (κ1) is 15.5. The Morgan fingerprint density at radius 1 is 1.15 bits per heavy atom. The maximum atomic E-state index is 6.03. The molecule has 1 unspecified atom stereocenters. The molecule has 1 saturated carbocycles. The molecule has 2 nitrogen and oxygen atoms in total. The summed E-state index contributed by atoms with van der Waals surface area (Å²) in [5, 5.41) is 0. The predicted octanol–water partition coefficient (Wildman–Crippen LogP) is 3.72. The van der Waals surface area contributed by atoms with Crippen LogP contribution in [-0.2, 0) is 6.54 Å². The van der Waals surface area contributed by atoms with Crippen LogP contribution in [0.2, 0.25) is 0 Å². The van der Waals surface area contributed by atoms with Crippen molar-refractivity contribution in [3.63, 3.8) is 0 Å². The van der Waals surface area contributed by atoms with E-state index in [1.807, 2.05) is 0 Å². The van der Waals surface area contributed by atoms with Crippen LogP contribution in [0, 0.1) is 12.8 Å². The van der Waals surface area contributed by atoms with E-state index in [9.17, 15) is 0 Å². The van der Waals surface area contributed by atoms with Gasteiger partial charge in [0.05, 0.1) is 0 Å². The van der Waals surface area contributed by atoms with Gasteiger partial charge in [0.1, 0.15) is 0 Å². The Kier molecular flexibility index (Phi) is 6.06. The lowest BCUT2D eigenvalue weighted by atomic mass is 9.84. The number of nitrogens with zero attached hydrogens (tertiary/aromatic N) is 1. The molecule has 1 aromatic rings. The second kappa shape index (κ2) is 7.80. The first-order valence-electron chi connectivity index (χ1n) is 8.15. The lowest BCUT2D eigenvalue weighted by Crippen LogP contribution is -2.39. The Bertz CT molecular complexity index is 379. The predicted molar refractivity (Wildman–Crippen MR) is 86.7 cm³/mol. The molecule has 1 atom stereocenters. The quantitative estimate of drug-likeness (QED) is 0.856. The van der Waals surface area contributed by atoms with Crippen LogP contribution >= 0.6 is 0 Å². The van der Waals surface area contributed by atoms with Crippen molar-refractivity contribution in [3.8, 4) is 0 Å². The SMILES string of the molecule is Cc1ccc(CN(C)C(CN)CC2CCCCC2)cc1. The number of benzene rings is 1. The van der Waals surface area contributed by atoms with Crippen molar-refractivity contribution in [1.82, 2.24) is 4.90 Å². The second-order valence-corrected chi connectivity index (χ2v) is 6.53. The van der Waals surface area contributed by atoms with E-state index < -0.39 is 0 Å². The van der Waals surface area contributed by atoms with Crippen LogP contribution < -0.4 is 5.73 Å². The van der Waals surface area contributed by atoms with E-state index in [1.54, 1.807) is 0 Å². The topological polar surface area (TPSA) is 29.3 Å². The summed E-state index contributed by atoms with van der Waals surface area (Å²) in [5.74, 6) is 0.901. The van der Waals surface area contributed by atoms with Gasteiger partial charge in [-0.2, -0.15) is 0 Å². The molecule has 1 aliphatic carbocycles. The molecule has 1 fully saturated rings. The number of aryl methyl sites for hydroxylation is 1. The van der Waals surface area contributed by atoms with Gasteiger partial charge in [0.15, 0.2) is 0 Å². The standard InChI is InChI=1S/C18H30N2/c1-15-8-10-17(11-9-15)14-20(2)18(13-19)12-16-6-4-3-5-7-16/h8-11,16,18H,3-7,12-14,19H2,1-2H3. The highest BCUT2D eigenvalue weighted by molar-refractivity contribution is 5.21. The van der Waals surface area contributed by atoms with Gasteiger partial charge in [-0.1, -0.05) is 61.9 Å². The van der Waals surface area contributed by atoms with Gasteiger partial charge in [-0.15, -0.1) is 0 Å². The number of hydrogen-bond donors (Lipinski definition) is 1. The lowest BCUT2D eigenvalue weighted by Gasteiger charge is -2.32. The molecule has 0 amide bonds. The highest BCUT2D eigenvalue weighted by atomic mass is 15.1. The zero-order valence-electron chi connectivity index (χ0n) is 13.1. The van der Waals surface area contributed by atoms with Crippen LogP contribution in [0.5, 0.6) is 0 Å². The third kappa shape index (κ3) is 4.60. The maximum absolute atomic E-state index is 6.03. The third-order valence-electron chi connectivity index (χ3n) is 4.78. The average molecular weight is 274 g/mol. The van der Waals surface area contributed by atoms with Gasteiger partial charge in [0.25, 0.3) is 0 Å². The fourth-order valence-electron chi connectivity index (χ4n) is 3.37. The Labute approximate surface area is 124 Å². The fourth-order valence-corrected chi connectivity index (χ4v) is 3.37. The highest BCUT2D eigenvalue weighted by Gasteiger charge is 2.21. The van der Waals surface area contributed by atoms with Crippen LogP contribution in [0.4, 0.5) is 0 Å². The number of nitrogens with two attached hydrogens (primary N) is 1. The molecule has 1 aromatic carbocycles. The molecule has 0 radical (unpaired) electrons. The largest absolute Gasteiger partial charge is 0.329 e. The molecule has 20 heavy (non-hydrogen) atoms. The van der Waals surface area contributed by atoms with E-state index in [-0.39, 0.29) is 0 Å². The summed E-state index contributed by atoms with van der Waals surface area (Å²) < 4.78 is 0. The molecule has 0 aliphatic heterocycles. The Balaban J connectivity index is 1.87. The van der Waals surface area contributed by atoms with Gasteiger partial charge < -0.3 is 5.73 Å². The Hall–Kier alpha value is -0.860. The van der Waals surface area contributed by atoms with E-state index >= 15 is 0 Å². The van der Waals surface area contributed by atoms with Gasteiger partial charge >= 0.3 is 0 Å². The minimum Gasteiger partial charge on any atom is -0.329 e. The molecule has 0 spiro atoms. The van der Waals surface area contributed by atoms with E-state index in [1.165, 1.54) is 49.7 Å². The third-order valence-corrected chi connectivity index (χ3v) is 4.78. The molecule has 0 aromatic heterocycles. The minimum absolute atomic E-state index is 0.527. The van der Waals surface area contributed by atoms with Crippen molar-refractivity contribution in [2.24, 2.45) is 11.7 Å². The lowest BCUT2D eigenvalue weighted by molar-refractivity contribution is 0.185. The summed E-state index contributed by atoms with van der Waals surface area (Å²) in [4.78, 5) is 2.44. The maximum Gasteiger partial charge on any atom is 0.0234 e. The highest BCUT2D eigenvalue weighted by Crippen LogP contribution is 2.28. The molecule has 1 aliphatic rings.